The third-order valence-corrected chi connectivity index (χ3v) is 3.95. The molecule has 144 valence electrons. The van der Waals surface area contributed by atoms with Gasteiger partial charge in [0, 0.05) is 11.6 Å². The van der Waals surface area contributed by atoms with Gasteiger partial charge in [0.2, 0.25) is 0 Å². The Hall–Kier alpha value is -2.73. The van der Waals surface area contributed by atoms with Crippen LogP contribution in [0.15, 0.2) is 48.5 Å². The zero-order chi connectivity index (χ0) is 19.6. The fraction of sp³-hybridized carbons (Fsp3) is 0.300. The lowest BCUT2D eigenvalue weighted by molar-refractivity contribution is -0.154. The molecule has 0 aliphatic heterocycles. The molecule has 0 aliphatic rings. The molecule has 0 aromatic heterocycles. The maximum absolute atomic E-state index is 11.9. The summed E-state index contributed by atoms with van der Waals surface area (Å²) in [5.74, 6) is 0.295. The van der Waals surface area contributed by atoms with Crippen LogP contribution in [0.4, 0.5) is 0 Å². The Labute approximate surface area is 163 Å². The normalized spacial score (nSPS) is 11.4. The van der Waals surface area contributed by atoms with Crippen molar-refractivity contribution < 1.29 is 23.8 Å². The molecule has 0 radical (unpaired) electrons. The van der Waals surface area contributed by atoms with Gasteiger partial charge in [-0.1, -0.05) is 23.7 Å². The summed E-state index contributed by atoms with van der Waals surface area (Å²) < 4.78 is 15.5. The minimum atomic E-state index is -0.835. The molecule has 7 heteroatoms. The zero-order valence-electron chi connectivity index (χ0n) is 15.2. The largest absolute Gasteiger partial charge is 0.497 e. The molecule has 1 N–H and O–H groups in total. The molecule has 2 rings (SSSR count). The van der Waals surface area contributed by atoms with E-state index in [-0.39, 0.29) is 12.5 Å². The molecule has 1 atom stereocenters. The first-order valence-corrected chi connectivity index (χ1v) is 8.84. The van der Waals surface area contributed by atoms with E-state index in [2.05, 4.69) is 5.32 Å². The van der Waals surface area contributed by atoms with Gasteiger partial charge in [-0.25, -0.2) is 4.79 Å². The number of halogens is 1. The first-order chi connectivity index (χ1) is 13.0. The fourth-order valence-corrected chi connectivity index (χ4v) is 2.33. The summed E-state index contributed by atoms with van der Waals surface area (Å²) in [7, 11) is 1.61. The molecule has 0 heterocycles. The van der Waals surface area contributed by atoms with Crippen LogP contribution in [-0.2, 0) is 20.7 Å². The first-order valence-electron chi connectivity index (χ1n) is 8.46. The summed E-state index contributed by atoms with van der Waals surface area (Å²) >= 11 is 5.79. The lowest BCUT2D eigenvalue weighted by Gasteiger charge is -2.14. The van der Waals surface area contributed by atoms with E-state index >= 15 is 0 Å². The summed E-state index contributed by atoms with van der Waals surface area (Å²) in [6.07, 6.45) is -0.169. The van der Waals surface area contributed by atoms with Crippen LogP contribution in [0.5, 0.6) is 11.5 Å². The smallest absolute Gasteiger partial charge is 0.347 e. The van der Waals surface area contributed by atoms with Gasteiger partial charge in [0.1, 0.15) is 11.5 Å². The van der Waals surface area contributed by atoms with Crippen molar-refractivity contribution >= 4 is 23.5 Å². The summed E-state index contributed by atoms with van der Waals surface area (Å²) in [6, 6.07) is 14.2. The van der Waals surface area contributed by atoms with E-state index in [0.29, 0.717) is 23.7 Å². The van der Waals surface area contributed by atoms with Crippen LogP contribution in [0.2, 0.25) is 5.02 Å². The quantitative estimate of drug-likeness (QED) is 0.665. The minimum absolute atomic E-state index is 0.351. The van der Waals surface area contributed by atoms with Gasteiger partial charge in [-0.05, 0) is 55.3 Å². The Morgan fingerprint density at radius 3 is 2.30 bits per heavy atom. The lowest BCUT2D eigenvalue weighted by atomic mass is 10.1. The van der Waals surface area contributed by atoms with E-state index < -0.39 is 12.1 Å². The maximum atomic E-state index is 11.9. The number of amides is 1. The predicted octanol–water partition coefficient (Wildman–Crippen LogP) is 3.02. The van der Waals surface area contributed by atoms with Crippen LogP contribution in [0.25, 0.3) is 0 Å². The minimum Gasteiger partial charge on any atom is -0.497 e. The molecule has 1 amide bonds. The molecule has 27 heavy (non-hydrogen) atoms. The first kappa shape index (κ1) is 20.6. The Kier molecular flexibility index (Phi) is 7.95. The van der Waals surface area contributed by atoms with Gasteiger partial charge < -0.3 is 19.5 Å². The van der Waals surface area contributed by atoms with Gasteiger partial charge >= 0.3 is 5.97 Å². The summed E-state index contributed by atoms with van der Waals surface area (Å²) in [4.78, 5) is 23.7. The highest BCUT2D eigenvalue weighted by atomic mass is 35.5. The SMILES string of the molecule is COc1ccc(CCNC(=O)COC(=O)[C@@H](C)Oc2ccc(Cl)cc2)cc1. The van der Waals surface area contributed by atoms with Crippen molar-refractivity contribution in [1.82, 2.24) is 5.32 Å². The molecule has 0 unspecified atom stereocenters. The van der Waals surface area contributed by atoms with Crippen LogP contribution < -0.4 is 14.8 Å². The van der Waals surface area contributed by atoms with Gasteiger partial charge in [-0.2, -0.15) is 0 Å². The van der Waals surface area contributed by atoms with Gasteiger partial charge in [0.15, 0.2) is 12.7 Å². The molecular weight excluding hydrogens is 370 g/mol. The second-order valence-corrected chi connectivity index (χ2v) is 6.21. The zero-order valence-corrected chi connectivity index (χ0v) is 16.0. The molecule has 0 fully saturated rings. The van der Waals surface area contributed by atoms with Crippen molar-refractivity contribution in [2.45, 2.75) is 19.4 Å². The summed E-state index contributed by atoms with van der Waals surface area (Å²) in [5.41, 5.74) is 1.07. The average Bonchev–Trinajstić information content (AvgIpc) is 2.68. The van der Waals surface area contributed by atoms with Crippen LogP contribution in [-0.4, -0.2) is 38.2 Å². The van der Waals surface area contributed by atoms with E-state index in [9.17, 15) is 9.59 Å². The van der Waals surface area contributed by atoms with Gasteiger partial charge in [0.25, 0.3) is 5.91 Å². The lowest BCUT2D eigenvalue weighted by Crippen LogP contribution is -2.33. The molecule has 0 saturated carbocycles. The van der Waals surface area contributed by atoms with Crippen molar-refractivity contribution in [2.24, 2.45) is 0 Å². The monoisotopic (exact) mass is 391 g/mol. The number of carbonyl (C=O) groups excluding carboxylic acids is 2. The van der Waals surface area contributed by atoms with Crippen LogP contribution in [0, 0.1) is 0 Å². The fourth-order valence-electron chi connectivity index (χ4n) is 2.21. The van der Waals surface area contributed by atoms with Crippen molar-refractivity contribution in [1.29, 1.82) is 0 Å². The summed E-state index contributed by atoms with van der Waals surface area (Å²) in [5, 5.41) is 3.28. The molecule has 0 bridgehead atoms. The molecular formula is C20H22ClNO5. The highest BCUT2D eigenvalue weighted by Gasteiger charge is 2.17. The van der Waals surface area contributed by atoms with Crippen molar-refractivity contribution in [3.8, 4) is 11.5 Å². The molecule has 0 aliphatic carbocycles. The Morgan fingerprint density at radius 1 is 1.04 bits per heavy atom. The molecule has 0 spiro atoms. The van der Waals surface area contributed by atoms with Crippen LogP contribution >= 0.6 is 11.6 Å². The number of carbonyl (C=O) groups is 2. The third kappa shape index (κ3) is 7.19. The molecule has 2 aromatic rings. The number of esters is 1. The van der Waals surface area contributed by atoms with E-state index in [1.165, 1.54) is 0 Å². The van der Waals surface area contributed by atoms with E-state index in [4.69, 9.17) is 25.8 Å². The maximum Gasteiger partial charge on any atom is 0.347 e. The van der Waals surface area contributed by atoms with E-state index in [0.717, 1.165) is 11.3 Å². The van der Waals surface area contributed by atoms with Gasteiger partial charge in [0.05, 0.1) is 7.11 Å². The van der Waals surface area contributed by atoms with Crippen molar-refractivity contribution in [2.75, 3.05) is 20.3 Å². The van der Waals surface area contributed by atoms with Crippen LogP contribution in [0.3, 0.4) is 0 Å². The number of benzene rings is 2. The Morgan fingerprint density at radius 2 is 1.67 bits per heavy atom. The molecule has 6 nitrogen and oxygen atoms in total. The van der Waals surface area contributed by atoms with Crippen molar-refractivity contribution in [3.63, 3.8) is 0 Å². The molecule has 0 saturated heterocycles. The second kappa shape index (κ2) is 10.4. The molecule has 2 aromatic carbocycles. The number of methoxy groups -OCH3 is 1. The Balaban J connectivity index is 1.66. The topological polar surface area (TPSA) is 73.9 Å². The van der Waals surface area contributed by atoms with Gasteiger partial charge in [-0.15, -0.1) is 0 Å². The number of hydrogen-bond donors (Lipinski definition) is 1. The van der Waals surface area contributed by atoms with E-state index in [1.54, 1.807) is 38.3 Å². The van der Waals surface area contributed by atoms with Crippen molar-refractivity contribution in [3.05, 3.63) is 59.1 Å². The predicted molar refractivity (Wildman–Crippen MR) is 102 cm³/mol. The number of hydrogen-bond acceptors (Lipinski definition) is 5. The third-order valence-electron chi connectivity index (χ3n) is 3.70. The number of rotatable bonds is 9. The standard InChI is InChI=1S/C20H22ClNO5/c1-14(27-18-9-5-16(21)6-10-18)20(24)26-13-19(23)22-12-11-15-3-7-17(25-2)8-4-15/h3-10,14H,11-13H2,1-2H3,(H,22,23)/t14-/m1/s1. The van der Waals surface area contributed by atoms with Crippen LogP contribution in [0.1, 0.15) is 12.5 Å². The Bertz CT molecular complexity index is 746. The van der Waals surface area contributed by atoms with Gasteiger partial charge in [-0.3, -0.25) is 4.79 Å². The highest BCUT2D eigenvalue weighted by molar-refractivity contribution is 6.30. The highest BCUT2D eigenvalue weighted by Crippen LogP contribution is 2.17. The average molecular weight is 392 g/mol. The van der Waals surface area contributed by atoms with E-state index in [1.807, 2.05) is 24.3 Å². The number of ether oxygens (including phenoxy) is 3. The number of nitrogens with one attached hydrogen (secondary N) is 1. The summed E-state index contributed by atoms with van der Waals surface area (Å²) in [6.45, 7) is 1.65. The second-order valence-electron chi connectivity index (χ2n) is 5.77.